The first-order valence-corrected chi connectivity index (χ1v) is 11.5. The van der Waals surface area contributed by atoms with Gasteiger partial charge in [-0.25, -0.2) is 4.98 Å². The minimum absolute atomic E-state index is 0.0473. The molecule has 0 aliphatic carbocycles. The number of rotatable bonds is 6. The lowest BCUT2D eigenvalue weighted by atomic mass is 10.0. The van der Waals surface area contributed by atoms with Crippen LogP contribution in [0.4, 0.5) is 18.9 Å². The third-order valence-corrected chi connectivity index (χ3v) is 6.53. The van der Waals surface area contributed by atoms with Crippen LogP contribution in [0.3, 0.4) is 0 Å². The zero-order valence-electron chi connectivity index (χ0n) is 17.6. The molecule has 4 aromatic rings. The van der Waals surface area contributed by atoms with Crippen LogP contribution in [0.5, 0.6) is 0 Å². The van der Waals surface area contributed by atoms with Crippen molar-refractivity contribution in [1.82, 2.24) is 14.8 Å². The number of thiophene rings is 1. The number of pyridine rings is 1. The fourth-order valence-electron chi connectivity index (χ4n) is 3.43. The summed E-state index contributed by atoms with van der Waals surface area (Å²) in [5.41, 5.74) is 5.11. The molecule has 0 aliphatic rings. The van der Waals surface area contributed by atoms with Crippen molar-refractivity contribution >= 4 is 55.0 Å². The van der Waals surface area contributed by atoms with Crippen molar-refractivity contribution in [2.24, 2.45) is 11.7 Å². The van der Waals surface area contributed by atoms with Gasteiger partial charge in [-0.05, 0) is 33.1 Å². The molecule has 1 unspecified atom stereocenters. The molecule has 1 atom stereocenters. The topological polar surface area (TPSA) is 103 Å². The van der Waals surface area contributed by atoms with Gasteiger partial charge in [0.1, 0.15) is 15.4 Å². The van der Waals surface area contributed by atoms with Gasteiger partial charge >= 0.3 is 6.18 Å². The number of fused-ring (bicyclic) bond motifs is 1. The van der Waals surface area contributed by atoms with Crippen LogP contribution in [0.1, 0.15) is 22.3 Å². The Morgan fingerprint density at radius 1 is 1.26 bits per heavy atom. The molecule has 0 radical (unpaired) electrons. The van der Waals surface area contributed by atoms with E-state index in [0.29, 0.717) is 16.9 Å². The highest BCUT2D eigenvalue weighted by molar-refractivity contribution is 9.10. The maximum Gasteiger partial charge on any atom is 0.433 e. The van der Waals surface area contributed by atoms with E-state index in [-0.39, 0.29) is 32.9 Å². The molecule has 0 bridgehead atoms. The van der Waals surface area contributed by atoms with Crippen LogP contribution in [-0.2, 0) is 17.5 Å². The van der Waals surface area contributed by atoms with Crippen LogP contribution in [0.25, 0.3) is 21.3 Å². The van der Waals surface area contributed by atoms with Crippen molar-refractivity contribution < 1.29 is 22.8 Å². The molecule has 0 saturated heterocycles. The number of alkyl halides is 3. The zero-order valence-corrected chi connectivity index (χ0v) is 20.0. The van der Waals surface area contributed by atoms with E-state index in [1.165, 1.54) is 0 Å². The molecule has 12 heteroatoms. The number of hydrogen-bond acceptors (Lipinski definition) is 5. The third kappa shape index (κ3) is 4.82. The number of halogens is 4. The van der Waals surface area contributed by atoms with E-state index in [2.05, 4.69) is 31.3 Å². The quantitative estimate of drug-likeness (QED) is 0.338. The van der Waals surface area contributed by atoms with Gasteiger partial charge in [-0.15, -0.1) is 11.3 Å². The van der Waals surface area contributed by atoms with E-state index in [1.807, 2.05) is 0 Å². The minimum Gasteiger partial charge on any atom is -0.365 e. The van der Waals surface area contributed by atoms with Crippen molar-refractivity contribution in [2.75, 3.05) is 5.32 Å². The maximum atomic E-state index is 13.6. The van der Waals surface area contributed by atoms with E-state index >= 15 is 0 Å². The highest BCUT2D eigenvalue weighted by atomic mass is 79.9. The van der Waals surface area contributed by atoms with Crippen molar-refractivity contribution in [3.63, 3.8) is 0 Å². The van der Waals surface area contributed by atoms with Gasteiger partial charge in [-0.2, -0.15) is 18.3 Å². The second-order valence-electron chi connectivity index (χ2n) is 7.54. The van der Waals surface area contributed by atoms with Crippen LogP contribution in [0.15, 0.2) is 53.3 Å². The summed E-state index contributed by atoms with van der Waals surface area (Å²) < 4.78 is 43.0. The van der Waals surface area contributed by atoms with Crippen LogP contribution < -0.4 is 11.1 Å². The Morgan fingerprint density at radius 3 is 2.56 bits per heavy atom. The lowest BCUT2D eigenvalue weighted by Crippen LogP contribution is -2.25. The number of nitrogens with zero attached hydrogens (tertiary/aromatic N) is 3. The van der Waals surface area contributed by atoms with Gasteiger partial charge in [-0.1, -0.05) is 37.3 Å². The molecule has 4 rings (SSSR count). The fraction of sp³-hybridized carbons (Fsp3) is 0.182. The van der Waals surface area contributed by atoms with Crippen LogP contribution in [-0.4, -0.2) is 26.6 Å². The number of primary amides is 1. The second kappa shape index (κ2) is 9.18. The average molecular weight is 552 g/mol. The summed E-state index contributed by atoms with van der Waals surface area (Å²) in [5, 5.41) is 7.05. The normalized spacial score (nSPS) is 12.6. The van der Waals surface area contributed by atoms with Crippen LogP contribution in [0.2, 0.25) is 0 Å². The number of amides is 2. The first-order valence-electron chi connectivity index (χ1n) is 9.93. The molecule has 3 N–H and O–H groups in total. The molecule has 1 aromatic carbocycles. The molecular formula is C22H17BrF3N5O2S. The lowest BCUT2D eigenvalue weighted by Gasteiger charge is -2.15. The van der Waals surface area contributed by atoms with E-state index in [1.54, 1.807) is 54.3 Å². The molecule has 176 valence electrons. The SMILES string of the molecule is CC(Cn1cc(Br)cn1)C(=O)Nc1c(C(N)=O)sc2nc(C(F)(F)F)cc(-c3ccccc3)c12. The molecule has 2 amide bonds. The molecule has 34 heavy (non-hydrogen) atoms. The number of hydrogen-bond donors (Lipinski definition) is 2. The monoisotopic (exact) mass is 551 g/mol. The molecular weight excluding hydrogens is 535 g/mol. The highest BCUT2D eigenvalue weighted by Crippen LogP contribution is 2.43. The van der Waals surface area contributed by atoms with Crippen LogP contribution in [0, 0.1) is 5.92 Å². The van der Waals surface area contributed by atoms with Gasteiger partial charge in [0.15, 0.2) is 0 Å². The van der Waals surface area contributed by atoms with Crippen LogP contribution >= 0.6 is 27.3 Å². The molecule has 0 spiro atoms. The molecule has 3 aromatic heterocycles. The number of carbonyl (C=O) groups excluding carboxylic acids is 2. The number of nitrogens with one attached hydrogen (secondary N) is 1. The Hall–Kier alpha value is -3.25. The van der Waals surface area contributed by atoms with E-state index in [9.17, 15) is 22.8 Å². The molecule has 0 aliphatic heterocycles. The van der Waals surface area contributed by atoms with Gasteiger partial charge < -0.3 is 11.1 Å². The molecule has 0 saturated carbocycles. The number of nitrogens with two attached hydrogens (primary N) is 1. The van der Waals surface area contributed by atoms with Crippen molar-refractivity contribution in [3.05, 3.63) is 63.8 Å². The summed E-state index contributed by atoms with van der Waals surface area (Å²) in [6.45, 7) is 1.91. The number of aromatic nitrogens is 3. The minimum atomic E-state index is -4.70. The van der Waals surface area contributed by atoms with Crippen molar-refractivity contribution in [3.8, 4) is 11.1 Å². The number of carbonyl (C=O) groups is 2. The van der Waals surface area contributed by atoms with Gasteiger partial charge in [0.05, 0.1) is 28.8 Å². The van der Waals surface area contributed by atoms with Gasteiger partial charge in [0.2, 0.25) is 5.91 Å². The molecule has 0 fully saturated rings. The van der Waals surface area contributed by atoms with Gasteiger partial charge in [0.25, 0.3) is 5.91 Å². The zero-order chi connectivity index (χ0) is 24.6. The summed E-state index contributed by atoms with van der Waals surface area (Å²) in [5.74, 6) is -1.91. The number of benzene rings is 1. The first kappa shape index (κ1) is 23.9. The van der Waals surface area contributed by atoms with Gasteiger partial charge in [-0.3, -0.25) is 14.3 Å². The highest BCUT2D eigenvalue weighted by Gasteiger charge is 2.35. The molecule has 3 heterocycles. The summed E-state index contributed by atoms with van der Waals surface area (Å²) >= 11 is 4.00. The molecule has 7 nitrogen and oxygen atoms in total. The third-order valence-electron chi connectivity index (χ3n) is 5.02. The standard InChI is InChI=1S/C22H17BrF3N5O2S/c1-11(9-31-10-13(23)8-28-31)20(33)30-17-16-14(12-5-3-2-4-6-12)7-15(22(24,25)26)29-21(16)34-18(17)19(27)32/h2-8,10-11H,9H2,1H3,(H2,27,32)(H,30,33). The van der Waals surface area contributed by atoms with Gasteiger partial charge in [0, 0.05) is 11.6 Å². The predicted molar refractivity (Wildman–Crippen MR) is 126 cm³/mol. The Labute approximate surface area is 203 Å². The average Bonchev–Trinajstić information content (AvgIpc) is 3.36. The fourth-order valence-corrected chi connectivity index (χ4v) is 4.76. The summed E-state index contributed by atoms with van der Waals surface area (Å²) in [6, 6.07) is 9.28. The Balaban J connectivity index is 1.84. The van der Waals surface area contributed by atoms with Crippen molar-refractivity contribution in [2.45, 2.75) is 19.6 Å². The predicted octanol–water partition coefficient (Wildman–Crippen LogP) is 5.31. The largest absolute Gasteiger partial charge is 0.433 e. The second-order valence-corrected chi connectivity index (χ2v) is 9.46. The summed E-state index contributed by atoms with van der Waals surface area (Å²) in [6.07, 6.45) is -1.42. The maximum absolute atomic E-state index is 13.6. The van der Waals surface area contributed by atoms with E-state index in [0.717, 1.165) is 10.5 Å². The van der Waals surface area contributed by atoms with Crippen molar-refractivity contribution in [1.29, 1.82) is 0 Å². The lowest BCUT2D eigenvalue weighted by molar-refractivity contribution is -0.140. The Kier molecular flexibility index (Phi) is 6.45. The number of anilines is 1. The Morgan fingerprint density at radius 2 is 1.97 bits per heavy atom. The summed E-state index contributed by atoms with van der Waals surface area (Å²) in [7, 11) is 0. The smallest absolute Gasteiger partial charge is 0.365 e. The summed E-state index contributed by atoms with van der Waals surface area (Å²) in [4.78, 5) is 28.8. The first-order chi connectivity index (χ1) is 16.0. The van der Waals surface area contributed by atoms with E-state index in [4.69, 9.17) is 5.73 Å². The van der Waals surface area contributed by atoms with E-state index < -0.39 is 29.6 Å². The Bertz CT molecular complexity index is 1380.